The maximum absolute atomic E-state index is 13.5. The van der Waals surface area contributed by atoms with Crippen LogP contribution in [0.15, 0.2) is 28.9 Å². The SMILES string of the molecule is O=C(O)c1cnoc1-c1ccc(Cl)cc1F. The number of benzene rings is 1. The van der Waals surface area contributed by atoms with E-state index in [2.05, 4.69) is 5.16 Å². The van der Waals surface area contributed by atoms with Gasteiger partial charge in [0.25, 0.3) is 0 Å². The monoisotopic (exact) mass is 241 g/mol. The zero-order valence-electron chi connectivity index (χ0n) is 7.78. The summed E-state index contributed by atoms with van der Waals surface area (Å²) >= 11 is 5.58. The van der Waals surface area contributed by atoms with E-state index in [1.807, 2.05) is 0 Å². The van der Waals surface area contributed by atoms with E-state index in [9.17, 15) is 9.18 Å². The topological polar surface area (TPSA) is 63.3 Å². The molecule has 1 heterocycles. The molecule has 0 atom stereocenters. The van der Waals surface area contributed by atoms with Crippen molar-refractivity contribution in [3.8, 4) is 11.3 Å². The van der Waals surface area contributed by atoms with Crippen molar-refractivity contribution in [2.24, 2.45) is 0 Å². The van der Waals surface area contributed by atoms with Crippen LogP contribution < -0.4 is 0 Å². The first kappa shape index (κ1) is 10.6. The molecule has 0 amide bonds. The van der Waals surface area contributed by atoms with Gasteiger partial charge in [-0.1, -0.05) is 16.8 Å². The zero-order chi connectivity index (χ0) is 11.7. The fourth-order valence-corrected chi connectivity index (χ4v) is 1.42. The summed E-state index contributed by atoms with van der Waals surface area (Å²) in [6.07, 6.45) is 1.02. The summed E-state index contributed by atoms with van der Waals surface area (Å²) < 4.78 is 18.2. The Labute approximate surface area is 94.2 Å². The van der Waals surface area contributed by atoms with Crippen molar-refractivity contribution in [1.29, 1.82) is 0 Å². The van der Waals surface area contributed by atoms with Gasteiger partial charge in [0.2, 0.25) is 0 Å². The second kappa shape index (κ2) is 3.94. The summed E-state index contributed by atoms with van der Waals surface area (Å²) in [4.78, 5) is 10.8. The lowest BCUT2D eigenvalue weighted by molar-refractivity contribution is 0.0697. The van der Waals surface area contributed by atoms with Gasteiger partial charge < -0.3 is 9.63 Å². The van der Waals surface area contributed by atoms with E-state index < -0.39 is 11.8 Å². The molecule has 16 heavy (non-hydrogen) atoms. The minimum Gasteiger partial charge on any atom is -0.477 e. The number of halogens is 2. The number of carboxylic acids is 1. The van der Waals surface area contributed by atoms with Crippen LogP contribution in [-0.4, -0.2) is 16.2 Å². The normalized spacial score (nSPS) is 10.4. The number of nitrogens with zero attached hydrogens (tertiary/aromatic N) is 1. The third-order valence-corrected chi connectivity index (χ3v) is 2.21. The van der Waals surface area contributed by atoms with E-state index in [-0.39, 0.29) is 21.9 Å². The molecule has 1 aromatic carbocycles. The first-order chi connectivity index (χ1) is 7.59. The van der Waals surface area contributed by atoms with E-state index in [1.54, 1.807) is 0 Å². The van der Waals surface area contributed by atoms with Crippen LogP contribution in [0.3, 0.4) is 0 Å². The Morgan fingerprint density at radius 2 is 2.25 bits per heavy atom. The number of carboxylic acid groups (broad SMARTS) is 1. The van der Waals surface area contributed by atoms with Gasteiger partial charge >= 0.3 is 5.97 Å². The fourth-order valence-electron chi connectivity index (χ4n) is 1.26. The van der Waals surface area contributed by atoms with Crippen LogP contribution in [-0.2, 0) is 0 Å². The van der Waals surface area contributed by atoms with Crippen molar-refractivity contribution in [1.82, 2.24) is 5.16 Å². The lowest BCUT2D eigenvalue weighted by Gasteiger charge is -2.00. The molecule has 0 radical (unpaired) electrons. The van der Waals surface area contributed by atoms with Crippen LogP contribution >= 0.6 is 11.6 Å². The molecule has 4 nitrogen and oxygen atoms in total. The third kappa shape index (κ3) is 1.77. The highest BCUT2D eigenvalue weighted by Gasteiger charge is 2.19. The van der Waals surface area contributed by atoms with Gasteiger partial charge in [0.15, 0.2) is 5.76 Å². The molecule has 0 bridgehead atoms. The maximum atomic E-state index is 13.5. The Hall–Kier alpha value is -1.88. The van der Waals surface area contributed by atoms with E-state index in [4.69, 9.17) is 21.2 Å². The van der Waals surface area contributed by atoms with Crippen molar-refractivity contribution < 1.29 is 18.8 Å². The first-order valence-electron chi connectivity index (χ1n) is 4.23. The lowest BCUT2D eigenvalue weighted by atomic mass is 10.1. The average molecular weight is 242 g/mol. The molecule has 0 saturated carbocycles. The minimum atomic E-state index is -1.23. The largest absolute Gasteiger partial charge is 0.477 e. The Morgan fingerprint density at radius 1 is 1.50 bits per heavy atom. The lowest BCUT2D eigenvalue weighted by Crippen LogP contribution is -1.96. The predicted octanol–water partition coefficient (Wildman–Crippen LogP) is 2.83. The molecular weight excluding hydrogens is 237 g/mol. The summed E-state index contributed by atoms with van der Waals surface area (Å²) in [5, 5.41) is 12.4. The Bertz CT molecular complexity index is 553. The van der Waals surface area contributed by atoms with E-state index in [0.29, 0.717) is 0 Å². The van der Waals surface area contributed by atoms with Crippen molar-refractivity contribution in [3.63, 3.8) is 0 Å². The van der Waals surface area contributed by atoms with Gasteiger partial charge in [0, 0.05) is 5.02 Å². The summed E-state index contributed by atoms with van der Waals surface area (Å²) in [5.74, 6) is -2.01. The van der Waals surface area contributed by atoms with Gasteiger partial charge in [-0.05, 0) is 18.2 Å². The molecule has 6 heteroatoms. The molecule has 0 fully saturated rings. The molecule has 0 saturated heterocycles. The predicted molar refractivity (Wildman–Crippen MR) is 53.9 cm³/mol. The van der Waals surface area contributed by atoms with Crippen LogP contribution in [0, 0.1) is 5.82 Å². The van der Waals surface area contributed by atoms with Gasteiger partial charge in [0.05, 0.1) is 11.8 Å². The number of hydrogen-bond acceptors (Lipinski definition) is 3. The van der Waals surface area contributed by atoms with E-state index in [0.717, 1.165) is 12.3 Å². The summed E-state index contributed by atoms with van der Waals surface area (Å²) in [6, 6.07) is 3.85. The van der Waals surface area contributed by atoms with Crippen LogP contribution in [0.1, 0.15) is 10.4 Å². The Kier molecular flexibility index (Phi) is 2.62. The van der Waals surface area contributed by atoms with Crippen molar-refractivity contribution in [3.05, 3.63) is 40.8 Å². The number of aromatic nitrogens is 1. The van der Waals surface area contributed by atoms with Crippen molar-refractivity contribution in [2.75, 3.05) is 0 Å². The second-order valence-corrected chi connectivity index (χ2v) is 3.43. The number of hydrogen-bond donors (Lipinski definition) is 1. The quantitative estimate of drug-likeness (QED) is 0.878. The molecule has 0 aliphatic heterocycles. The number of aromatic carboxylic acids is 1. The smallest absolute Gasteiger partial charge is 0.341 e. The summed E-state index contributed by atoms with van der Waals surface area (Å²) in [7, 11) is 0. The van der Waals surface area contributed by atoms with Gasteiger partial charge in [-0.2, -0.15) is 0 Å². The maximum Gasteiger partial charge on any atom is 0.341 e. The molecule has 0 unspecified atom stereocenters. The molecule has 0 spiro atoms. The van der Waals surface area contributed by atoms with E-state index >= 15 is 0 Å². The van der Waals surface area contributed by atoms with Crippen LogP contribution in [0.2, 0.25) is 5.02 Å². The Morgan fingerprint density at radius 3 is 2.88 bits per heavy atom. The molecule has 1 aromatic heterocycles. The van der Waals surface area contributed by atoms with Gasteiger partial charge in [-0.15, -0.1) is 0 Å². The first-order valence-corrected chi connectivity index (χ1v) is 4.61. The average Bonchev–Trinajstić information content (AvgIpc) is 2.66. The molecule has 2 aromatic rings. The van der Waals surface area contributed by atoms with Crippen LogP contribution in [0.5, 0.6) is 0 Å². The molecule has 1 N–H and O–H groups in total. The number of carbonyl (C=O) groups is 1. The van der Waals surface area contributed by atoms with E-state index in [1.165, 1.54) is 12.1 Å². The minimum absolute atomic E-state index is 0.0132. The summed E-state index contributed by atoms with van der Waals surface area (Å²) in [6.45, 7) is 0. The van der Waals surface area contributed by atoms with Gasteiger partial charge in [0.1, 0.15) is 11.4 Å². The fraction of sp³-hybridized carbons (Fsp3) is 0. The van der Waals surface area contributed by atoms with Crippen molar-refractivity contribution in [2.45, 2.75) is 0 Å². The van der Waals surface area contributed by atoms with Crippen molar-refractivity contribution >= 4 is 17.6 Å². The van der Waals surface area contributed by atoms with Crippen LogP contribution in [0.25, 0.3) is 11.3 Å². The molecule has 0 aliphatic carbocycles. The van der Waals surface area contributed by atoms with Gasteiger partial charge in [-0.3, -0.25) is 0 Å². The number of rotatable bonds is 2. The third-order valence-electron chi connectivity index (χ3n) is 1.98. The highest BCUT2D eigenvalue weighted by atomic mass is 35.5. The molecule has 0 aliphatic rings. The standard InChI is InChI=1S/C10H5ClFNO3/c11-5-1-2-6(8(12)3-5)9-7(10(14)15)4-13-16-9/h1-4H,(H,14,15). The van der Waals surface area contributed by atoms with Crippen LogP contribution in [0.4, 0.5) is 4.39 Å². The Balaban J connectivity index is 2.59. The molecular formula is C10H5ClFNO3. The second-order valence-electron chi connectivity index (χ2n) is 3.00. The molecule has 2 rings (SSSR count). The highest BCUT2D eigenvalue weighted by molar-refractivity contribution is 6.30. The molecule has 82 valence electrons. The highest BCUT2D eigenvalue weighted by Crippen LogP contribution is 2.28. The van der Waals surface area contributed by atoms with Gasteiger partial charge in [-0.25, -0.2) is 9.18 Å². The zero-order valence-corrected chi connectivity index (χ0v) is 8.53. The summed E-state index contributed by atoms with van der Waals surface area (Å²) in [5.41, 5.74) is -0.180.